The molecule has 8 heteroatoms. The Bertz CT molecular complexity index is 1430. The van der Waals surface area contributed by atoms with Crippen molar-refractivity contribution in [3.63, 3.8) is 0 Å². The predicted octanol–water partition coefficient (Wildman–Crippen LogP) is 5.53. The Morgan fingerprint density at radius 2 is 1.64 bits per heavy atom. The summed E-state index contributed by atoms with van der Waals surface area (Å²) in [6.45, 7) is 5.35. The van der Waals surface area contributed by atoms with Crippen LogP contribution in [0, 0.1) is 12.7 Å². The zero-order valence-corrected chi connectivity index (χ0v) is 21.6. The minimum Gasteiger partial charge on any atom is -0.457 e. The van der Waals surface area contributed by atoms with E-state index >= 15 is 0 Å². The maximum Gasteiger partial charge on any atom is 0.274 e. The quantitative estimate of drug-likeness (QED) is 0.344. The lowest BCUT2D eigenvalue weighted by molar-refractivity contribution is 0.0627. The van der Waals surface area contributed by atoms with Crippen molar-refractivity contribution in [3.05, 3.63) is 119 Å². The third-order valence-electron chi connectivity index (χ3n) is 6.56. The summed E-state index contributed by atoms with van der Waals surface area (Å²) >= 11 is 0. The summed E-state index contributed by atoms with van der Waals surface area (Å²) in [5.41, 5.74) is 3.42. The molecule has 4 aromatic rings. The summed E-state index contributed by atoms with van der Waals surface area (Å²) in [7, 11) is 0. The van der Waals surface area contributed by atoms with Gasteiger partial charge in [0.15, 0.2) is 0 Å². The van der Waals surface area contributed by atoms with Crippen molar-refractivity contribution in [1.82, 2.24) is 14.8 Å². The number of nitrogens with zero attached hydrogens (tertiary/aromatic N) is 3. The second kappa shape index (κ2) is 11.9. The average Bonchev–Trinajstić information content (AvgIpc) is 2.95. The number of anilines is 1. The number of halogens is 1. The molecule has 1 aliphatic rings. The number of carbonyl (C=O) groups is 2. The van der Waals surface area contributed by atoms with Crippen LogP contribution in [0.4, 0.5) is 10.1 Å². The molecule has 0 radical (unpaired) electrons. The van der Waals surface area contributed by atoms with Gasteiger partial charge in [-0.2, -0.15) is 0 Å². The lowest BCUT2D eigenvalue weighted by Crippen LogP contribution is -2.48. The maximum atomic E-state index is 13.1. The maximum absolute atomic E-state index is 13.1. The van der Waals surface area contributed by atoms with Crippen LogP contribution in [0.1, 0.15) is 32.0 Å². The van der Waals surface area contributed by atoms with E-state index in [0.717, 1.165) is 36.5 Å². The molecule has 5 rings (SSSR count). The van der Waals surface area contributed by atoms with Gasteiger partial charge in [-0.1, -0.05) is 24.3 Å². The first kappa shape index (κ1) is 26.1. The number of pyridine rings is 1. The Labute approximate surface area is 226 Å². The van der Waals surface area contributed by atoms with E-state index in [1.807, 2.05) is 31.2 Å². The Hall–Kier alpha value is -4.56. The van der Waals surface area contributed by atoms with Crippen LogP contribution in [0.2, 0.25) is 0 Å². The second-order valence-corrected chi connectivity index (χ2v) is 9.52. The molecule has 0 spiro atoms. The minimum absolute atomic E-state index is 0.111. The normalized spacial score (nSPS) is 13.6. The van der Waals surface area contributed by atoms with Gasteiger partial charge in [0.1, 0.15) is 23.0 Å². The van der Waals surface area contributed by atoms with Crippen molar-refractivity contribution >= 4 is 17.5 Å². The predicted molar refractivity (Wildman–Crippen MR) is 147 cm³/mol. The first-order chi connectivity index (χ1) is 18.9. The second-order valence-electron chi connectivity index (χ2n) is 9.52. The molecule has 198 valence electrons. The highest BCUT2D eigenvalue weighted by Crippen LogP contribution is 2.24. The van der Waals surface area contributed by atoms with Crippen LogP contribution in [0.5, 0.6) is 11.5 Å². The molecule has 0 aliphatic carbocycles. The van der Waals surface area contributed by atoms with E-state index in [-0.39, 0.29) is 23.3 Å². The van der Waals surface area contributed by atoms with E-state index in [1.165, 1.54) is 18.3 Å². The highest BCUT2D eigenvalue weighted by molar-refractivity contribution is 6.03. The van der Waals surface area contributed by atoms with Crippen molar-refractivity contribution in [1.29, 1.82) is 0 Å². The van der Waals surface area contributed by atoms with E-state index in [2.05, 4.69) is 15.2 Å². The smallest absolute Gasteiger partial charge is 0.274 e. The molecule has 0 bridgehead atoms. The van der Waals surface area contributed by atoms with Gasteiger partial charge in [-0.3, -0.25) is 19.5 Å². The van der Waals surface area contributed by atoms with E-state index in [4.69, 9.17) is 4.74 Å². The molecular weight excluding hydrogens is 495 g/mol. The summed E-state index contributed by atoms with van der Waals surface area (Å²) in [6, 6.07) is 24.5. The van der Waals surface area contributed by atoms with Gasteiger partial charge < -0.3 is 15.0 Å². The Kier molecular flexibility index (Phi) is 7.94. The SMILES string of the molecule is Cc1cccc(Oc2ccc(NC(=O)c3ccc(C(=O)N4CCN(Cc5ccc(F)cc5)CC4)cn3)cc2)c1. The minimum atomic E-state index is -0.365. The van der Waals surface area contributed by atoms with Crippen molar-refractivity contribution in [3.8, 4) is 11.5 Å². The number of rotatable bonds is 7. The summed E-state index contributed by atoms with van der Waals surface area (Å²) in [4.78, 5) is 33.9. The van der Waals surface area contributed by atoms with Crippen molar-refractivity contribution in [2.75, 3.05) is 31.5 Å². The van der Waals surface area contributed by atoms with Gasteiger partial charge in [-0.15, -0.1) is 0 Å². The van der Waals surface area contributed by atoms with Gasteiger partial charge >= 0.3 is 0 Å². The zero-order valence-electron chi connectivity index (χ0n) is 21.6. The van der Waals surface area contributed by atoms with Crippen molar-refractivity contribution in [2.45, 2.75) is 13.5 Å². The molecule has 1 aliphatic heterocycles. The number of benzene rings is 3. The third kappa shape index (κ3) is 6.86. The van der Waals surface area contributed by atoms with Gasteiger partial charge in [0.25, 0.3) is 11.8 Å². The highest BCUT2D eigenvalue weighted by atomic mass is 19.1. The number of aromatic nitrogens is 1. The number of piperazine rings is 1. The number of nitrogens with one attached hydrogen (secondary N) is 1. The molecule has 1 saturated heterocycles. The molecule has 3 aromatic carbocycles. The molecule has 39 heavy (non-hydrogen) atoms. The fourth-order valence-corrected chi connectivity index (χ4v) is 4.41. The number of ether oxygens (including phenoxy) is 1. The van der Waals surface area contributed by atoms with Crippen molar-refractivity contribution in [2.24, 2.45) is 0 Å². The lowest BCUT2D eigenvalue weighted by atomic mass is 10.1. The fraction of sp³-hybridized carbons (Fsp3) is 0.194. The van der Waals surface area contributed by atoms with E-state index in [9.17, 15) is 14.0 Å². The molecular formula is C31H29FN4O3. The summed E-state index contributed by atoms with van der Waals surface area (Å²) < 4.78 is 19.0. The molecule has 0 atom stereocenters. The number of amides is 2. The lowest BCUT2D eigenvalue weighted by Gasteiger charge is -2.34. The van der Waals surface area contributed by atoms with Gasteiger partial charge in [0.2, 0.25) is 0 Å². The summed E-state index contributed by atoms with van der Waals surface area (Å²) in [6.07, 6.45) is 1.45. The Morgan fingerprint density at radius 1 is 0.897 bits per heavy atom. The topological polar surface area (TPSA) is 74.8 Å². The standard InChI is InChI=1S/C31H29FN4O3/c1-22-3-2-4-28(19-22)39-27-12-10-26(11-13-27)34-30(37)29-14-7-24(20-33-29)31(38)36-17-15-35(16-18-36)21-23-5-8-25(32)9-6-23/h2-14,19-20H,15-18,21H2,1H3,(H,34,37). The number of carbonyl (C=O) groups excluding carboxylic acids is 2. The van der Waals surface area contributed by atoms with E-state index < -0.39 is 0 Å². The van der Waals surface area contributed by atoms with Gasteiger partial charge in [-0.05, 0) is 78.7 Å². The molecule has 2 heterocycles. The van der Waals surface area contributed by atoms with Crippen LogP contribution in [-0.4, -0.2) is 52.8 Å². The van der Waals surface area contributed by atoms with Crippen LogP contribution in [0.15, 0.2) is 91.1 Å². The number of hydrogen-bond acceptors (Lipinski definition) is 5. The van der Waals surface area contributed by atoms with E-state index in [1.54, 1.807) is 53.4 Å². The number of aryl methyl sites for hydroxylation is 1. The summed E-state index contributed by atoms with van der Waals surface area (Å²) in [5, 5.41) is 2.82. The molecule has 1 fully saturated rings. The van der Waals surface area contributed by atoms with Crippen LogP contribution in [0.3, 0.4) is 0 Å². The van der Waals surface area contributed by atoms with Crippen LogP contribution in [0.25, 0.3) is 0 Å². The first-order valence-electron chi connectivity index (χ1n) is 12.8. The molecule has 1 N–H and O–H groups in total. The van der Waals surface area contributed by atoms with Crippen molar-refractivity contribution < 1.29 is 18.7 Å². The van der Waals surface area contributed by atoms with E-state index in [0.29, 0.717) is 30.1 Å². The largest absolute Gasteiger partial charge is 0.457 e. The average molecular weight is 525 g/mol. The molecule has 1 aromatic heterocycles. The van der Waals surface area contributed by atoms with Gasteiger partial charge in [0.05, 0.1) is 5.56 Å². The zero-order chi connectivity index (χ0) is 27.2. The van der Waals surface area contributed by atoms with Crippen LogP contribution < -0.4 is 10.1 Å². The molecule has 0 unspecified atom stereocenters. The van der Waals surface area contributed by atoms with Gasteiger partial charge in [0, 0.05) is 44.6 Å². The monoisotopic (exact) mass is 524 g/mol. The van der Waals surface area contributed by atoms with Crippen LogP contribution >= 0.6 is 0 Å². The summed E-state index contributed by atoms with van der Waals surface area (Å²) in [5.74, 6) is 0.689. The Balaban J connectivity index is 1.11. The third-order valence-corrected chi connectivity index (χ3v) is 6.56. The highest BCUT2D eigenvalue weighted by Gasteiger charge is 2.23. The van der Waals surface area contributed by atoms with Crippen LogP contribution in [-0.2, 0) is 6.54 Å². The Morgan fingerprint density at radius 3 is 2.31 bits per heavy atom. The molecule has 0 saturated carbocycles. The fourth-order valence-electron chi connectivity index (χ4n) is 4.41. The van der Waals surface area contributed by atoms with Gasteiger partial charge in [-0.25, -0.2) is 4.39 Å². The number of hydrogen-bond donors (Lipinski definition) is 1. The molecule has 2 amide bonds. The molecule has 7 nitrogen and oxygen atoms in total. The first-order valence-corrected chi connectivity index (χ1v) is 12.8.